The summed E-state index contributed by atoms with van der Waals surface area (Å²) in [6, 6.07) is 4.38. The van der Waals surface area contributed by atoms with Gasteiger partial charge in [0.1, 0.15) is 23.6 Å². The molecule has 240 valence electrons. The first-order valence-electron chi connectivity index (χ1n) is 15.9. The van der Waals surface area contributed by atoms with Gasteiger partial charge in [-0.2, -0.15) is 5.10 Å². The molecule has 3 N–H and O–H groups in total. The number of nitrogens with zero attached hydrogens (tertiary/aromatic N) is 4. The summed E-state index contributed by atoms with van der Waals surface area (Å²) in [5.74, 6) is -2.03. The topological polar surface area (TPSA) is 129 Å². The van der Waals surface area contributed by atoms with Gasteiger partial charge in [-0.15, -0.1) is 0 Å². The van der Waals surface area contributed by atoms with E-state index in [1.807, 2.05) is 14.0 Å². The zero-order chi connectivity index (χ0) is 31.6. The van der Waals surface area contributed by atoms with Crippen molar-refractivity contribution < 1.29 is 23.6 Å². The van der Waals surface area contributed by atoms with Crippen LogP contribution in [0.5, 0.6) is 0 Å². The Balaban J connectivity index is 1.47. The highest BCUT2D eigenvalue weighted by atomic mass is 19.1. The molecule has 2 fully saturated rings. The summed E-state index contributed by atoms with van der Waals surface area (Å²) in [5, 5.41) is 12.6. The van der Waals surface area contributed by atoms with Gasteiger partial charge in [-0.3, -0.25) is 23.9 Å². The number of likely N-dealkylation sites (N-methyl/N-ethyl adjacent to an activating group) is 1. The number of halogens is 1. The van der Waals surface area contributed by atoms with Crippen molar-refractivity contribution in [3.8, 4) is 0 Å². The van der Waals surface area contributed by atoms with Crippen molar-refractivity contribution in [3.05, 3.63) is 47.5 Å². The molecule has 2 atom stereocenters. The number of amides is 4. The van der Waals surface area contributed by atoms with Gasteiger partial charge in [-0.05, 0) is 56.0 Å². The highest BCUT2D eigenvalue weighted by molar-refractivity contribution is 6.00. The molecule has 1 saturated carbocycles. The number of aryl methyl sites for hydroxylation is 1. The molecule has 11 nitrogen and oxygen atoms in total. The monoisotopic (exact) mass is 611 g/mol. The Morgan fingerprint density at radius 2 is 1.73 bits per heavy atom. The fraction of sp³-hybridized carbons (Fsp3) is 0.594. The standard InChI is InChI=1S/C32H46FN7O4/c1-4-15-40-27(13-14-34-40)30(42)37-29(23-9-7-6-8-10-23)31(43)36-25-12-11-22(20-24(25)33)21-26(35-28(41)5-2)32(44)39-18-16-38(3)17-19-39/h11-14,20,23,26,29H,4-10,15-19,21H2,1-3H3,(H,35,41)(H,36,43)(H,37,42). The summed E-state index contributed by atoms with van der Waals surface area (Å²) in [5.41, 5.74) is 0.891. The molecule has 4 rings (SSSR count). The molecule has 2 heterocycles. The van der Waals surface area contributed by atoms with Crippen molar-refractivity contribution in [2.45, 2.75) is 83.8 Å². The summed E-state index contributed by atoms with van der Waals surface area (Å²) >= 11 is 0. The fourth-order valence-corrected chi connectivity index (χ4v) is 5.97. The van der Waals surface area contributed by atoms with Gasteiger partial charge >= 0.3 is 0 Å². The third kappa shape index (κ3) is 8.64. The second kappa shape index (κ2) is 15.8. The molecule has 0 bridgehead atoms. The average molecular weight is 612 g/mol. The molecular weight excluding hydrogens is 565 g/mol. The normalized spacial score (nSPS) is 17.5. The van der Waals surface area contributed by atoms with E-state index in [-0.39, 0.29) is 42.2 Å². The molecule has 1 aliphatic heterocycles. The number of hydrogen-bond acceptors (Lipinski definition) is 6. The first-order chi connectivity index (χ1) is 21.2. The lowest BCUT2D eigenvalue weighted by Gasteiger charge is -2.34. The molecule has 1 aromatic carbocycles. The van der Waals surface area contributed by atoms with Crippen LogP contribution in [0, 0.1) is 11.7 Å². The van der Waals surface area contributed by atoms with Crippen LogP contribution < -0.4 is 16.0 Å². The highest BCUT2D eigenvalue weighted by Gasteiger charge is 2.33. The number of rotatable bonds is 12. The molecule has 1 saturated heterocycles. The van der Waals surface area contributed by atoms with Gasteiger partial charge in [0.05, 0.1) is 5.69 Å². The predicted octanol–water partition coefficient (Wildman–Crippen LogP) is 2.96. The Kier molecular flexibility index (Phi) is 11.9. The first-order valence-corrected chi connectivity index (χ1v) is 15.9. The van der Waals surface area contributed by atoms with Gasteiger partial charge in [-0.1, -0.05) is 39.2 Å². The number of carbonyl (C=O) groups excluding carboxylic acids is 4. The van der Waals surface area contributed by atoms with Gasteiger partial charge in [-0.25, -0.2) is 4.39 Å². The Bertz CT molecular complexity index is 1300. The number of aromatic nitrogens is 2. The van der Waals surface area contributed by atoms with Gasteiger partial charge in [0, 0.05) is 51.8 Å². The van der Waals surface area contributed by atoms with Gasteiger partial charge < -0.3 is 25.8 Å². The van der Waals surface area contributed by atoms with Crippen LogP contribution in [0.15, 0.2) is 30.5 Å². The van der Waals surface area contributed by atoms with Crippen LogP contribution in [0.1, 0.15) is 74.8 Å². The summed E-state index contributed by atoms with van der Waals surface area (Å²) in [6.07, 6.45) is 7.30. The zero-order valence-electron chi connectivity index (χ0n) is 26.1. The minimum absolute atomic E-state index is 0.00984. The maximum atomic E-state index is 15.4. The second-order valence-electron chi connectivity index (χ2n) is 11.9. The number of carbonyl (C=O) groups is 4. The van der Waals surface area contributed by atoms with Gasteiger partial charge in [0.15, 0.2) is 0 Å². The molecule has 4 amide bonds. The van der Waals surface area contributed by atoms with E-state index < -0.39 is 23.8 Å². The summed E-state index contributed by atoms with van der Waals surface area (Å²) in [6.45, 7) is 6.90. The van der Waals surface area contributed by atoms with Crippen LogP contribution in [0.4, 0.5) is 10.1 Å². The van der Waals surface area contributed by atoms with Crippen LogP contribution in [0.25, 0.3) is 0 Å². The van der Waals surface area contributed by atoms with Crippen LogP contribution in [-0.2, 0) is 27.3 Å². The summed E-state index contributed by atoms with van der Waals surface area (Å²) in [7, 11) is 2.00. The number of piperazine rings is 1. The maximum absolute atomic E-state index is 15.4. The van der Waals surface area contributed by atoms with E-state index >= 15 is 4.39 Å². The van der Waals surface area contributed by atoms with E-state index in [0.717, 1.165) is 51.6 Å². The minimum atomic E-state index is -0.832. The third-order valence-corrected chi connectivity index (χ3v) is 8.58. The van der Waals surface area contributed by atoms with Gasteiger partial charge in [0.2, 0.25) is 17.7 Å². The molecule has 2 aliphatic rings. The minimum Gasteiger partial charge on any atom is -0.344 e. The van der Waals surface area contributed by atoms with Crippen molar-refractivity contribution in [1.29, 1.82) is 0 Å². The molecule has 2 aromatic rings. The van der Waals surface area contributed by atoms with Crippen molar-refractivity contribution >= 4 is 29.3 Å². The quantitative estimate of drug-likeness (QED) is 0.339. The number of anilines is 1. The van der Waals surface area contributed by atoms with E-state index in [2.05, 4.69) is 25.9 Å². The van der Waals surface area contributed by atoms with Gasteiger partial charge in [0.25, 0.3) is 5.91 Å². The van der Waals surface area contributed by atoms with E-state index in [4.69, 9.17) is 0 Å². The van der Waals surface area contributed by atoms with E-state index in [9.17, 15) is 19.2 Å². The number of benzene rings is 1. The lowest BCUT2D eigenvalue weighted by atomic mass is 9.83. The lowest BCUT2D eigenvalue weighted by Crippen LogP contribution is -2.54. The molecule has 1 aliphatic carbocycles. The molecule has 0 radical (unpaired) electrons. The van der Waals surface area contributed by atoms with Crippen LogP contribution in [-0.4, -0.2) is 88.5 Å². The van der Waals surface area contributed by atoms with Crippen molar-refractivity contribution in [1.82, 2.24) is 30.2 Å². The molecular formula is C32H46FN7O4. The molecule has 12 heteroatoms. The van der Waals surface area contributed by atoms with E-state index in [1.54, 1.807) is 34.8 Å². The molecule has 44 heavy (non-hydrogen) atoms. The molecule has 2 unspecified atom stereocenters. The second-order valence-corrected chi connectivity index (χ2v) is 11.9. The number of hydrogen-bond donors (Lipinski definition) is 3. The summed E-state index contributed by atoms with van der Waals surface area (Å²) < 4.78 is 17.0. The smallest absolute Gasteiger partial charge is 0.270 e. The zero-order valence-corrected chi connectivity index (χ0v) is 26.1. The molecule has 1 aromatic heterocycles. The Hall–Kier alpha value is -3.80. The predicted molar refractivity (Wildman–Crippen MR) is 165 cm³/mol. The summed E-state index contributed by atoms with van der Waals surface area (Å²) in [4.78, 5) is 56.2. The van der Waals surface area contributed by atoms with Crippen LogP contribution >= 0.6 is 0 Å². The average Bonchev–Trinajstić information content (AvgIpc) is 3.49. The maximum Gasteiger partial charge on any atom is 0.270 e. The fourth-order valence-electron chi connectivity index (χ4n) is 5.97. The highest BCUT2D eigenvalue weighted by Crippen LogP contribution is 2.28. The van der Waals surface area contributed by atoms with Crippen molar-refractivity contribution in [2.75, 3.05) is 38.5 Å². The SMILES string of the molecule is CCCn1nccc1C(=O)NC(C(=O)Nc1ccc(CC(NC(=O)CC)C(=O)N2CCN(C)CC2)cc1F)C1CCCCC1. The largest absolute Gasteiger partial charge is 0.344 e. The van der Waals surface area contributed by atoms with E-state index in [1.165, 1.54) is 12.1 Å². The Morgan fingerprint density at radius 3 is 2.39 bits per heavy atom. The Labute approximate surface area is 258 Å². The van der Waals surface area contributed by atoms with E-state index in [0.29, 0.717) is 30.9 Å². The Morgan fingerprint density at radius 1 is 1.00 bits per heavy atom. The van der Waals surface area contributed by atoms with Crippen molar-refractivity contribution in [2.24, 2.45) is 5.92 Å². The third-order valence-electron chi connectivity index (χ3n) is 8.58. The lowest BCUT2D eigenvalue weighted by molar-refractivity contribution is -0.137. The molecule has 0 spiro atoms. The first kappa shape index (κ1) is 33.1. The van der Waals surface area contributed by atoms with Crippen molar-refractivity contribution in [3.63, 3.8) is 0 Å². The van der Waals surface area contributed by atoms with Crippen LogP contribution in [0.3, 0.4) is 0 Å². The number of nitrogens with one attached hydrogen (secondary N) is 3. The van der Waals surface area contributed by atoms with Crippen LogP contribution in [0.2, 0.25) is 0 Å².